The molecule has 4 bridgehead atoms. The molecule has 0 radical (unpaired) electrons. The van der Waals surface area contributed by atoms with E-state index in [0.717, 1.165) is 32.1 Å². The topological polar surface area (TPSA) is 196 Å². The zero-order chi connectivity index (χ0) is 41.8. The molecule has 4 N–H and O–H groups in total. The van der Waals surface area contributed by atoms with Crippen molar-refractivity contribution in [3.63, 3.8) is 0 Å². The molecule has 1 saturated carbocycles. The molecular weight excluding hydrogens is 747 g/mol. The Hall–Kier alpha value is -5.51. The Morgan fingerprint density at radius 3 is 2.38 bits per heavy atom. The SMILES string of the molecule is CCCC(NC(=O)C1C[C@@H]2CN1C(=O)[C@H](C1CCCCC1)NC(=O)N(C)c1cccc(c1)OCCCO2)C(=O)C(=O)NCC(=O)N[C@H](C(=O)N(C)C)c1ccccc1. The van der Waals surface area contributed by atoms with E-state index < -0.39 is 72.3 Å². The second-order valence-electron chi connectivity index (χ2n) is 15.4. The number of amides is 7. The van der Waals surface area contributed by atoms with E-state index in [0.29, 0.717) is 43.1 Å². The number of fused-ring (bicyclic) bond motifs is 4. The first-order valence-electron chi connectivity index (χ1n) is 20.2. The molecule has 0 spiro atoms. The molecule has 2 heterocycles. The number of nitrogens with one attached hydrogen (secondary N) is 4. The van der Waals surface area contributed by atoms with Gasteiger partial charge in [0, 0.05) is 52.3 Å². The second-order valence-corrected chi connectivity index (χ2v) is 15.4. The van der Waals surface area contributed by atoms with Crippen LogP contribution in [0.1, 0.15) is 76.3 Å². The summed E-state index contributed by atoms with van der Waals surface area (Å²) in [5.41, 5.74) is 1.13. The van der Waals surface area contributed by atoms with Crippen LogP contribution in [0.2, 0.25) is 0 Å². The fraction of sp³-hybridized carbons (Fsp3) is 0.548. The maximum atomic E-state index is 14.6. The summed E-state index contributed by atoms with van der Waals surface area (Å²) < 4.78 is 12.1. The molecule has 2 aromatic rings. The van der Waals surface area contributed by atoms with Crippen LogP contribution in [-0.4, -0.2) is 123 Å². The summed E-state index contributed by atoms with van der Waals surface area (Å²) in [7, 11) is 4.74. The minimum atomic E-state index is -1.25. The van der Waals surface area contributed by atoms with Crippen molar-refractivity contribution in [2.45, 2.75) is 95.0 Å². The van der Waals surface area contributed by atoms with E-state index in [2.05, 4.69) is 21.3 Å². The van der Waals surface area contributed by atoms with E-state index in [-0.39, 0.29) is 31.2 Å². The van der Waals surface area contributed by atoms with Crippen molar-refractivity contribution in [2.75, 3.05) is 52.3 Å². The van der Waals surface area contributed by atoms with Gasteiger partial charge in [-0.2, -0.15) is 0 Å². The fourth-order valence-corrected chi connectivity index (χ4v) is 7.70. The molecule has 2 fully saturated rings. The summed E-state index contributed by atoms with van der Waals surface area (Å²) in [6.45, 7) is 1.95. The van der Waals surface area contributed by atoms with E-state index >= 15 is 0 Å². The zero-order valence-electron chi connectivity index (χ0n) is 33.9. The first kappa shape index (κ1) is 43.6. The lowest BCUT2D eigenvalue weighted by atomic mass is 9.83. The lowest BCUT2D eigenvalue weighted by molar-refractivity contribution is -0.143. The molecule has 314 valence electrons. The summed E-state index contributed by atoms with van der Waals surface area (Å²) in [6, 6.07) is 11.1. The van der Waals surface area contributed by atoms with Crippen LogP contribution in [-0.2, 0) is 33.5 Å². The molecule has 3 aliphatic rings. The fourth-order valence-electron chi connectivity index (χ4n) is 7.70. The van der Waals surface area contributed by atoms with Crippen LogP contribution in [0.4, 0.5) is 10.5 Å². The highest BCUT2D eigenvalue weighted by molar-refractivity contribution is 6.38. The van der Waals surface area contributed by atoms with Gasteiger partial charge >= 0.3 is 6.03 Å². The third-order valence-corrected chi connectivity index (χ3v) is 10.9. The predicted octanol–water partition coefficient (Wildman–Crippen LogP) is 2.47. The van der Waals surface area contributed by atoms with Gasteiger partial charge in [0.25, 0.3) is 5.91 Å². The smallest absolute Gasteiger partial charge is 0.322 e. The Morgan fingerprint density at radius 1 is 0.931 bits per heavy atom. The highest BCUT2D eigenvalue weighted by atomic mass is 16.5. The number of anilines is 1. The number of carbonyl (C=O) groups excluding carboxylic acids is 7. The lowest BCUT2D eigenvalue weighted by Crippen LogP contribution is -2.59. The molecule has 5 atom stereocenters. The second kappa shape index (κ2) is 20.8. The third kappa shape index (κ3) is 11.3. The van der Waals surface area contributed by atoms with Gasteiger partial charge in [-0.3, -0.25) is 33.7 Å². The number of rotatable bonds is 12. The van der Waals surface area contributed by atoms with Crippen molar-refractivity contribution in [3.8, 4) is 5.75 Å². The largest absolute Gasteiger partial charge is 0.493 e. The molecule has 7 amide bonds. The number of nitrogens with zero attached hydrogens (tertiary/aromatic N) is 3. The first-order chi connectivity index (χ1) is 27.9. The number of hydrogen-bond acceptors (Lipinski definition) is 9. The van der Waals surface area contributed by atoms with E-state index in [9.17, 15) is 33.6 Å². The molecule has 2 aromatic carbocycles. The van der Waals surface area contributed by atoms with Gasteiger partial charge in [-0.1, -0.05) is 69.0 Å². The summed E-state index contributed by atoms with van der Waals surface area (Å²) in [5.74, 6) is -3.73. The number of urea groups is 1. The average molecular weight is 804 g/mol. The van der Waals surface area contributed by atoms with Crippen molar-refractivity contribution in [1.29, 1.82) is 0 Å². The van der Waals surface area contributed by atoms with Gasteiger partial charge in [-0.05, 0) is 42.9 Å². The highest BCUT2D eigenvalue weighted by Crippen LogP contribution is 2.31. The zero-order valence-corrected chi connectivity index (χ0v) is 33.9. The Morgan fingerprint density at radius 2 is 1.67 bits per heavy atom. The van der Waals surface area contributed by atoms with E-state index in [4.69, 9.17) is 9.47 Å². The molecular formula is C42H57N7O9. The van der Waals surface area contributed by atoms with Crippen molar-refractivity contribution < 1.29 is 43.0 Å². The van der Waals surface area contributed by atoms with Gasteiger partial charge in [0.15, 0.2) is 0 Å². The quantitative estimate of drug-likeness (QED) is 0.233. The number of hydrogen-bond donors (Lipinski definition) is 4. The lowest BCUT2D eigenvalue weighted by Gasteiger charge is -2.35. The van der Waals surface area contributed by atoms with Crippen LogP contribution < -0.4 is 30.9 Å². The highest BCUT2D eigenvalue weighted by Gasteiger charge is 2.45. The number of ether oxygens (including phenoxy) is 2. The van der Waals surface area contributed by atoms with Crippen LogP contribution in [0.3, 0.4) is 0 Å². The average Bonchev–Trinajstić information content (AvgIpc) is 3.67. The van der Waals surface area contributed by atoms with Crippen molar-refractivity contribution in [3.05, 3.63) is 60.2 Å². The molecule has 16 heteroatoms. The maximum Gasteiger partial charge on any atom is 0.322 e. The van der Waals surface area contributed by atoms with Gasteiger partial charge in [-0.25, -0.2) is 4.79 Å². The van der Waals surface area contributed by atoms with Gasteiger partial charge in [0.1, 0.15) is 23.9 Å². The van der Waals surface area contributed by atoms with Gasteiger partial charge in [-0.15, -0.1) is 0 Å². The monoisotopic (exact) mass is 803 g/mol. The molecule has 0 aromatic heterocycles. The van der Waals surface area contributed by atoms with Crippen molar-refractivity contribution >= 4 is 47.0 Å². The van der Waals surface area contributed by atoms with Crippen LogP contribution >= 0.6 is 0 Å². The normalized spacial score (nSPS) is 21.5. The number of benzene rings is 2. The Labute approximate surface area is 339 Å². The van der Waals surface area contributed by atoms with Crippen LogP contribution in [0.25, 0.3) is 0 Å². The number of likely N-dealkylation sites (N-methyl/N-ethyl adjacent to an activating group) is 1. The van der Waals surface area contributed by atoms with E-state index in [1.165, 1.54) is 14.7 Å². The third-order valence-electron chi connectivity index (χ3n) is 10.9. The van der Waals surface area contributed by atoms with Crippen LogP contribution in [0.5, 0.6) is 5.75 Å². The number of ketones is 1. The minimum Gasteiger partial charge on any atom is -0.493 e. The molecule has 5 rings (SSSR count). The number of Topliss-reactive ketones (excluding diaryl/α,β-unsaturated/α-hetero) is 1. The van der Waals surface area contributed by atoms with Gasteiger partial charge < -0.3 is 40.5 Å². The van der Waals surface area contributed by atoms with Gasteiger partial charge in [0.2, 0.25) is 29.4 Å². The predicted molar refractivity (Wildman–Crippen MR) is 215 cm³/mol. The molecule has 1 saturated heterocycles. The summed E-state index contributed by atoms with van der Waals surface area (Å²) in [5, 5.41) is 10.7. The molecule has 16 nitrogen and oxygen atoms in total. The van der Waals surface area contributed by atoms with Crippen LogP contribution in [0, 0.1) is 5.92 Å². The van der Waals surface area contributed by atoms with Crippen molar-refractivity contribution in [1.82, 2.24) is 31.1 Å². The van der Waals surface area contributed by atoms with Crippen molar-refractivity contribution in [2.24, 2.45) is 5.92 Å². The summed E-state index contributed by atoms with van der Waals surface area (Å²) >= 11 is 0. The molecule has 58 heavy (non-hydrogen) atoms. The molecule has 1 aliphatic carbocycles. The summed E-state index contributed by atoms with van der Waals surface area (Å²) in [4.78, 5) is 99.3. The van der Waals surface area contributed by atoms with Crippen LogP contribution in [0.15, 0.2) is 54.6 Å². The standard InChI is InChI=1S/C42H57N7O9/c1-5-14-32(37(51)39(53)43-25-34(50)45-35(40(54)47(2)3)27-15-8-6-9-16-27)44-38(52)33-24-31-26-49(33)41(55)36(28-17-10-7-11-18-28)46-42(56)48(4)29-19-12-20-30(23-29)57-21-13-22-58-31/h6,8-9,12,15-16,19-20,23,28,31-33,35-36H,5,7,10-11,13-14,17-18,21-22,24-26H2,1-4H3,(H,43,53)(H,44,52)(H,45,50)(H,46,56)/t31-,32?,33?,35+,36+/m1/s1. The maximum absolute atomic E-state index is 14.6. The Balaban J connectivity index is 1.30. The molecule has 2 unspecified atom stereocenters. The Kier molecular flexibility index (Phi) is 15.6. The van der Waals surface area contributed by atoms with E-state index in [1.807, 2.05) is 0 Å². The summed E-state index contributed by atoms with van der Waals surface area (Å²) in [6.07, 6.45) is 5.00. The van der Waals surface area contributed by atoms with Gasteiger partial charge in [0.05, 0.1) is 31.9 Å². The first-order valence-corrected chi connectivity index (χ1v) is 20.2. The molecule has 2 aliphatic heterocycles. The van der Waals surface area contributed by atoms with E-state index in [1.54, 1.807) is 82.7 Å². The number of carbonyl (C=O) groups is 7. The Bertz CT molecular complexity index is 1780. The minimum absolute atomic E-state index is 0.0913.